The van der Waals surface area contributed by atoms with Crippen LogP contribution in [0.15, 0.2) is 34.1 Å². The fourth-order valence-electron chi connectivity index (χ4n) is 1.32. The van der Waals surface area contributed by atoms with Gasteiger partial charge in [-0.05, 0) is 24.3 Å². The van der Waals surface area contributed by atoms with Gasteiger partial charge < -0.3 is 10.2 Å². The molecule has 0 unspecified atom stereocenters. The van der Waals surface area contributed by atoms with Crippen LogP contribution in [0.25, 0.3) is 0 Å². The zero-order valence-electron chi connectivity index (χ0n) is 9.12. The molecule has 0 bridgehead atoms. The van der Waals surface area contributed by atoms with E-state index in [9.17, 15) is 10.2 Å². The van der Waals surface area contributed by atoms with Gasteiger partial charge in [-0.1, -0.05) is 58.2 Å². The molecule has 0 aliphatic heterocycles. The van der Waals surface area contributed by atoms with Gasteiger partial charge in [0.05, 0.1) is 10.0 Å². The van der Waals surface area contributed by atoms with E-state index in [-0.39, 0.29) is 31.6 Å². The maximum absolute atomic E-state index is 9.42. The maximum atomic E-state index is 9.42. The largest absolute Gasteiger partial charge is 0.506 e. The predicted octanol–water partition coefficient (Wildman–Crippen LogP) is 5.86. The number of hydrogen-bond donors (Lipinski definition) is 2. The number of benzene rings is 2. The van der Waals surface area contributed by atoms with Crippen LogP contribution in [-0.2, 0) is 0 Å². The summed E-state index contributed by atoms with van der Waals surface area (Å²) in [5.41, 5.74) is 0. The Hall–Kier alpha value is -0.450. The topological polar surface area (TPSA) is 40.5 Å². The smallest absolute Gasteiger partial charge is 0.135 e. The zero-order chi connectivity index (χ0) is 14.2. The summed E-state index contributed by atoms with van der Waals surface area (Å²) < 4.78 is 0. The molecule has 0 fully saturated rings. The van der Waals surface area contributed by atoms with Gasteiger partial charge in [0.1, 0.15) is 21.5 Å². The molecular formula is C12H6Cl4O2S. The van der Waals surface area contributed by atoms with E-state index in [1.54, 1.807) is 12.1 Å². The molecule has 0 heterocycles. The molecule has 2 aromatic carbocycles. The Balaban J connectivity index is 2.43. The average molecular weight is 356 g/mol. The molecule has 0 spiro atoms. The summed E-state index contributed by atoms with van der Waals surface area (Å²) in [5.74, 6) is -0.184. The second-order valence-electron chi connectivity index (χ2n) is 3.52. The minimum absolute atomic E-state index is 0.0765. The van der Waals surface area contributed by atoms with Crippen molar-refractivity contribution < 1.29 is 10.2 Å². The monoisotopic (exact) mass is 354 g/mol. The van der Waals surface area contributed by atoms with Crippen molar-refractivity contribution in [2.75, 3.05) is 0 Å². The van der Waals surface area contributed by atoms with Gasteiger partial charge in [0.15, 0.2) is 0 Å². The molecule has 7 heteroatoms. The van der Waals surface area contributed by atoms with E-state index >= 15 is 0 Å². The second kappa shape index (κ2) is 5.90. The van der Waals surface area contributed by atoms with Crippen molar-refractivity contribution in [2.45, 2.75) is 9.79 Å². The highest BCUT2D eigenvalue weighted by atomic mass is 35.5. The lowest BCUT2D eigenvalue weighted by Crippen LogP contribution is -1.81. The first-order valence-corrected chi connectivity index (χ1v) is 7.26. The molecule has 0 amide bonds. The van der Waals surface area contributed by atoms with Crippen molar-refractivity contribution in [3.63, 3.8) is 0 Å². The molecule has 0 aliphatic rings. The van der Waals surface area contributed by atoms with Crippen molar-refractivity contribution >= 4 is 58.2 Å². The molecule has 2 aromatic rings. The minimum atomic E-state index is -0.0918. The number of hydrogen-bond acceptors (Lipinski definition) is 3. The fraction of sp³-hybridized carbons (Fsp3) is 0. The third-order valence-electron chi connectivity index (χ3n) is 2.27. The first-order chi connectivity index (χ1) is 8.91. The number of phenolic OH excluding ortho intramolecular Hbond substituents is 2. The highest BCUT2D eigenvalue weighted by molar-refractivity contribution is 7.99. The minimum Gasteiger partial charge on any atom is -0.506 e. The van der Waals surface area contributed by atoms with Crippen LogP contribution in [0.4, 0.5) is 0 Å². The average Bonchev–Trinajstić information content (AvgIpc) is 2.39. The van der Waals surface area contributed by atoms with E-state index in [1.165, 1.54) is 23.9 Å². The lowest BCUT2D eigenvalue weighted by atomic mass is 10.3. The molecule has 2 N–H and O–H groups in total. The van der Waals surface area contributed by atoms with Gasteiger partial charge in [0.25, 0.3) is 0 Å². The summed E-state index contributed by atoms with van der Waals surface area (Å²) in [6.07, 6.45) is 0. The quantitative estimate of drug-likeness (QED) is 0.708. The number of phenols is 2. The van der Waals surface area contributed by atoms with Crippen LogP contribution in [0.5, 0.6) is 11.5 Å². The lowest BCUT2D eigenvalue weighted by molar-refractivity contribution is 0.475. The van der Waals surface area contributed by atoms with Crippen LogP contribution >= 0.6 is 58.2 Å². The number of rotatable bonds is 2. The van der Waals surface area contributed by atoms with Crippen LogP contribution in [0.1, 0.15) is 0 Å². The van der Waals surface area contributed by atoms with Gasteiger partial charge in [-0.15, -0.1) is 0 Å². The normalized spacial score (nSPS) is 10.7. The Morgan fingerprint density at radius 1 is 0.632 bits per heavy atom. The highest BCUT2D eigenvalue weighted by Crippen LogP contribution is 2.45. The molecule has 0 radical (unpaired) electrons. The molecule has 0 atom stereocenters. The second-order valence-corrected chi connectivity index (χ2v) is 6.12. The molecule has 0 aromatic heterocycles. The van der Waals surface area contributed by atoms with Gasteiger partial charge in [-0.2, -0.15) is 0 Å². The Kier molecular flexibility index (Phi) is 4.64. The first-order valence-electron chi connectivity index (χ1n) is 4.93. The van der Waals surface area contributed by atoms with Crippen LogP contribution in [0.3, 0.4) is 0 Å². The Morgan fingerprint density at radius 3 is 1.37 bits per heavy atom. The summed E-state index contributed by atoms with van der Waals surface area (Å²) in [6.45, 7) is 0. The standard InChI is InChI=1S/C12H6Cl4O2S/c13-9-5(17)1-3-7(11(9)15)19-8-4-2-6(18)10(14)12(8)16/h1-4,17-18H. The maximum Gasteiger partial charge on any atom is 0.135 e. The molecule has 0 aliphatic carbocycles. The number of halogens is 4. The summed E-state index contributed by atoms with van der Waals surface area (Å²) in [7, 11) is 0. The molecule has 19 heavy (non-hydrogen) atoms. The Labute approximate surface area is 133 Å². The van der Waals surface area contributed by atoms with Gasteiger partial charge in [-0.25, -0.2) is 0 Å². The third-order valence-corrected chi connectivity index (χ3v) is 5.36. The molecule has 2 nitrogen and oxygen atoms in total. The summed E-state index contributed by atoms with van der Waals surface area (Å²) in [5, 5.41) is 19.5. The highest BCUT2D eigenvalue weighted by Gasteiger charge is 2.14. The van der Waals surface area contributed by atoms with Crippen LogP contribution in [0, 0.1) is 0 Å². The van der Waals surface area contributed by atoms with Crippen molar-refractivity contribution in [3.8, 4) is 11.5 Å². The van der Waals surface area contributed by atoms with Gasteiger partial charge >= 0.3 is 0 Å². The molecule has 0 saturated heterocycles. The fourth-order valence-corrected chi connectivity index (χ4v) is 3.20. The molecule has 2 rings (SSSR count). The number of aromatic hydroxyl groups is 2. The SMILES string of the molecule is Oc1ccc(Sc2ccc(O)c(Cl)c2Cl)c(Cl)c1Cl. The molecule has 0 saturated carbocycles. The van der Waals surface area contributed by atoms with Crippen molar-refractivity contribution in [3.05, 3.63) is 44.4 Å². The van der Waals surface area contributed by atoms with Gasteiger partial charge in [-0.3, -0.25) is 0 Å². The van der Waals surface area contributed by atoms with E-state index in [0.717, 1.165) is 0 Å². The molecular weight excluding hydrogens is 350 g/mol. The summed E-state index contributed by atoms with van der Waals surface area (Å²) >= 11 is 25.0. The Bertz CT molecular complexity index is 591. The Morgan fingerprint density at radius 2 is 1.00 bits per heavy atom. The van der Waals surface area contributed by atoms with E-state index < -0.39 is 0 Å². The van der Waals surface area contributed by atoms with Gasteiger partial charge in [0, 0.05) is 9.79 Å². The lowest BCUT2D eigenvalue weighted by Gasteiger charge is -2.09. The van der Waals surface area contributed by atoms with Crippen molar-refractivity contribution in [1.29, 1.82) is 0 Å². The third kappa shape index (κ3) is 3.01. The summed E-state index contributed by atoms with van der Waals surface area (Å²) in [6, 6.07) is 6.11. The van der Waals surface area contributed by atoms with Crippen LogP contribution in [-0.4, -0.2) is 10.2 Å². The van der Waals surface area contributed by atoms with Crippen molar-refractivity contribution in [2.24, 2.45) is 0 Å². The van der Waals surface area contributed by atoms with E-state index in [1.807, 2.05) is 0 Å². The van der Waals surface area contributed by atoms with E-state index in [0.29, 0.717) is 9.79 Å². The van der Waals surface area contributed by atoms with E-state index in [4.69, 9.17) is 46.4 Å². The first kappa shape index (κ1) is 14.9. The summed E-state index contributed by atoms with van der Waals surface area (Å²) in [4.78, 5) is 1.24. The zero-order valence-corrected chi connectivity index (χ0v) is 13.0. The van der Waals surface area contributed by atoms with Crippen LogP contribution in [0.2, 0.25) is 20.1 Å². The van der Waals surface area contributed by atoms with Crippen LogP contribution < -0.4 is 0 Å². The van der Waals surface area contributed by atoms with Crippen molar-refractivity contribution in [1.82, 2.24) is 0 Å². The predicted molar refractivity (Wildman–Crippen MR) is 80.4 cm³/mol. The van der Waals surface area contributed by atoms with Gasteiger partial charge in [0.2, 0.25) is 0 Å². The molecule has 100 valence electrons. The van der Waals surface area contributed by atoms with E-state index in [2.05, 4.69) is 0 Å².